The number of methoxy groups -OCH3 is 3. The second kappa shape index (κ2) is 7.82. The van der Waals surface area contributed by atoms with Crippen LogP contribution in [0.2, 0.25) is 0 Å². The first-order valence-electron chi connectivity index (χ1n) is 8.23. The Hall–Kier alpha value is -2.15. The Kier molecular flexibility index (Phi) is 5.53. The molecule has 0 unspecified atom stereocenters. The van der Waals surface area contributed by atoms with Gasteiger partial charge in [-0.15, -0.1) is 0 Å². The minimum atomic E-state index is -0.129. The Labute approximate surface area is 151 Å². The Morgan fingerprint density at radius 1 is 1.12 bits per heavy atom. The molecule has 3 rings (SSSR count). The van der Waals surface area contributed by atoms with Crippen LogP contribution in [0.15, 0.2) is 22.0 Å². The van der Waals surface area contributed by atoms with Gasteiger partial charge in [-0.2, -0.15) is 0 Å². The minimum absolute atomic E-state index is 0.129. The van der Waals surface area contributed by atoms with E-state index in [-0.39, 0.29) is 5.91 Å². The van der Waals surface area contributed by atoms with Gasteiger partial charge >= 0.3 is 0 Å². The highest BCUT2D eigenvalue weighted by Gasteiger charge is 2.26. The summed E-state index contributed by atoms with van der Waals surface area (Å²) in [5.74, 6) is 1.50. The molecule has 134 valence electrons. The molecule has 0 bridgehead atoms. The van der Waals surface area contributed by atoms with E-state index in [9.17, 15) is 4.79 Å². The van der Waals surface area contributed by atoms with Crippen molar-refractivity contribution in [1.29, 1.82) is 0 Å². The van der Waals surface area contributed by atoms with Crippen LogP contribution >= 0.6 is 11.8 Å². The van der Waals surface area contributed by atoms with E-state index < -0.39 is 0 Å². The average Bonchev–Trinajstić information content (AvgIpc) is 3.24. The summed E-state index contributed by atoms with van der Waals surface area (Å²) in [4.78, 5) is 17.5. The maximum atomic E-state index is 12.2. The number of amides is 1. The fourth-order valence-electron chi connectivity index (χ4n) is 3.02. The van der Waals surface area contributed by atoms with Gasteiger partial charge in [-0.3, -0.25) is 9.79 Å². The van der Waals surface area contributed by atoms with Crippen molar-refractivity contribution in [3.05, 3.63) is 22.6 Å². The zero-order valence-corrected chi connectivity index (χ0v) is 15.4. The van der Waals surface area contributed by atoms with E-state index in [1.54, 1.807) is 21.3 Å². The highest BCUT2D eigenvalue weighted by molar-refractivity contribution is 8.18. The van der Waals surface area contributed by atoms with Crippen molar-refractivity contribution >= 4 is 28.9 Å². The Morgan fingerprint density at radius 3 is 2.32 bits per heavy atom. The van der Waals surface area contributed by atoms with Gasteiger partial charge in [0.25, 0.3) is 5.91 Å². The molecule has 6 nitrogen and oxygen atoms in total. The smallest absolute Gasteiger partial charge is 0.264 e. The number of carbonyl (C=O) groups is 1. The number of hydrogen-bond acceptors (Lipinski definition) is 6. The molecule has 25 heavy (non-hydrogen) atoms. The topological polar surface area (TPSA) is 69.2 Å². The van der Waals surface area contributed by atoms with Crippen LogP contribution in [0.5, 0.6) is 17.2 Å². The summed E-state index contributed by atoms with van der Waals surface area (Å²) in [5, 5.41) is 3.54. The summed E-state index contributed by atoms with van der Waals surface area (Å²) >= 11 is 1.37. The number of amidine groups is 1. The molecule has 1 aliphatic heterocycles. The van der Waals surface area contributed by atoms with E-state index >= 15 is 0 Å². The van der Waals surface area contributed by atoms with Gasteiger partial charge in [0, 0.05) is 0 Å². The number of nitrogens with one attached hydrogen (secondary N) is 1. The molecule has 1 heterocycles. The van der Waals surface area contributed by atoms with E-state index in [0.717, 1.165) is 18.4 Å². The third-order valence-electron chi connectivity index (χ3n) is 4.26. The second-order valence-electron chi connectivity index (χ2n) is 5.90. The lowest BCUT2D eigenvalue weighted by molar-refractivity contribution is -0.115. The van der Waals surface area contributed by atoms with Gasteiger partial charge in [-0.05, 0) is 48.4 Å². The van der Waals surface area contributed by atoms with Gasteiger partial charge in [0.15, 0.2) is 16.7 Å². The molecular weight excluding hydrogens is 340 g/mol. The molecule has 7 heteroatoms. The third kappa shape index (κ3) is 3.92. The van der Waals surface area contributed by atoms with Gasteiger partial charge in [-0.25, -0.2) is 0 Å². The van der Waals surface area contributed by atoms with E-state index in [2.05, 4.69) is 10.3 Å². The maximum absolute atomic E-state index is 12.2. The number of aliphatic imine (C=N–C) groups is 1. The van der Waals surface area contributed by atoms with E-state index in [0.29, 0.717) is 33.4 Å². The van der Waals surface area contributed by atoms with Crippen LogP contribution in [0, 0.1) is 0 Å². The maximum Gasteiger partial charge on any atom is 0.264 e. The van der Waals surface area contributed by atoms with Gasteiger partial charge in [0.2, 0.25) is 5.75 Å². The molecule has 0 atom stereocenters. The van der Waals surface area contributed by atoms with Crippen molar-refractivity contribution in [2.24, 2.45) is 4.99 Å². The number of benzene rings is 1. The molecule has 0 radical (unpaired) electrons. The molecule has 0 aromatic heterocycles. The zero-order valence-electron chi connectivity index (χ0n) is 14.6. The van der Waals surface area contributed by atoms with Crippen LogP contribution in [0.3, 0.4) is 0 Å². The summed E-state index contributed by atoms with van der Waals surface area (Å²) < 4.78 is 16.0. The van der Waals surface area contributed by atoms with E-state index in [4.69, 9.17) is 14.2 Å². The van der Waals surface area contributed by atoms with Crippen molar-refractivity contribution in [3.8, 4) is 17.2 Å². The number of carbonyl (C=O) groups excluding carboxylic acids is 1. The Balaban J connectivity index is 1.86. The first kappa shape index (κ1) is 17.7. The number of rotatable bonds is 5. The number of ether oxygens (including phenoxy) is 3. The molecule has 1 aromatic carbocycles. The summed E-state index contributed by atoms with van der Waals surface area (Å²) in [6.07, 6.45) is 6.45. The van der Waals surface area contributed by atoms with Crippen LogP contribution in [-0.4, -0.2) is 38.4 Å². The van der Waals surface area contributed by atoms with Crippen molar-refractivity contribution in [2.75, 3.05) is 21.3 Å². The average molecular weight is 362 g/mol. The molecule has 0 spiro atoms. The predicted molar refractivity (Wildman–Crippen MR) is 99.5 cm³/mol. The third-order valence-corrected chi connectivity index (χ3v) is 5.18. The fourth-order valence-corrected chi connectivity index (χ4v) is 3.92. The van der Waals surface area contributed by atoms with Crippen LogP contribution in [0.4, 0.5) is 0 Å². The van der Waals surface area contributed by atoms with Gasteiger partial charge < -0.3 is 19.5 Å². The molecule has 2 aliphatic rings. The first-order valence-corrected chi connectivity index (χ1v) is 9.05. The molecule has 2 fully saturated rings. The van der Waals surface area contributed by atoms with Crippen molar-refractivity contribution < 1.29 is 19.0 Å². The molecule has 1 saturated carbocycles. The van der Waals surface area contributed by atoms with Crippen molar-refractivity contribution in [2.45, 2.75) is 31.7 Å². The van der Waals surface area contributed by atoms with Crippen LogP contribution < -0.4 is 19.5 Å². The lowest BCUT2D eigenvalue weighted by Crippen LogP contribution is -2.21. The molecular formula is C18H22N2O4S. The SMILES string of the molecule is COc1cc(/C=C2\SC(=NC3CCCC3)NC2=O)cc(OC)c1OC. The Morgan fingerprint density at radius 2 is 1.76 bits per heavy atom. The normalized spacial score (nSPS) is 21.0. The minimum Gasteiger partial charge on any atom is -0.493 e. The number of hydrogen-bond donors (Lipinski definition) is 1. The van der Waals surface area contributed by atoms with Gasteiger partial charge in [0.05, 0.1) is 32.3 Å². The molecule has 1 saturated heterocycles. The molecule has 1 aromatic rings. The summed E-state index contributed by atoms with van der Waals surface area (Å²) in [5.41, 5.74) is 0.800. The van der Waals surface area contributed by atoms with Gasteiger partial charge in [0.1, 0.15) is 0 Å². The summed E-state index contributed by atoms with van der Waals surface area (Å²) in [7, 11) is 4.69. The highest BCUT2D eigenvalue weighted by atomic mass is 32.2. The molecule has 1 aliphatic carbocycles. The molecule has 1 amide bonds. The fraction of sp³-hybridized carbons (Fsp3) is 0.444. The zero-order chi connectivity index (χ0) is 17.8. The largest absolute Gasteiger partial charge is 0.493 e. The Bertz CT molecular complexity index is 699. The lowest BCUT2D eigenvalue weighted by atomic mass is 10.1. The summed E-state index contributed by atoms with van der Waals surface area (Å²) in [6.45, 7) is 0. The van der Waals surface area contributed by atoms with E-state index in [1.165, 1.54) is 24.6 Å². The highest BCUT2D eigenvalue weighted by Crippen LogP contribution is 2.39. The van der Waals surface area contributed by atoms with E-state index in [1.807, 2.05) is 18.2 Å². The first-order chi connectivity index (χ1) is 12.1. The van der Waals surface area contributed by atoms with Crippen LogP contribution in [0.1, 0.15) is 31.2 Å². The number of thioether (sulfide) groups is 1. The van der Waals surface area contributed by atoms with Crippen molar-refractivity contribution in [3.63, 3.8) is 0 Å². The second-order valence-corrected chi connectivity index (χ2v) is 6.93. The predicted octanol–water partition coefficient (Wildman–Crippen LogP) is 3.21. The van der Waals surface area contributed by atoms with Gasteiger partial charge in [-0.1, -0.05) is 12.8 Å². The molecule has 1 N–H and O–H groups in total. The number of nitrogens with zero attached hydrogens (tertiary/aromatic N) is 1. The quantitative estimate of drug-likeness (QED) is 0.815. The summed E-state index contributed by atoms with van der Waals surface area (Å²) in [6, 6.07) is 3.96. The monoisotopic (exact) mass is 362 g/mol. The lowest BCUT2D eigenvalue weighted by Gasteiger charge is -2.12. The van der Waals surface area contributed by atoms with Crippen LogP contribution in [0.25, 0.3) is 6.08 Å². The van der Waals surface area contributed by atoms with Crippen LogP contribution in [-0.2, 0) is 4.79 Å². The standard InChI is InChI=1S/C18H22N2O4S/c1-22-13-8-11(9-14(23-2)16(13)24-3)10-15-17(21)20-18(25-15)19-12-6-4-5-7-12/h8-10,12H,4-7H2,1-3H3,(H,19,20,21)/b15-10-. The van der Waals surface area contributed by atoms with Crippen molar-refractivity contribution in [1.82, 2.24) is 5.32 Å².